The van der Waals surface area contributed by atoms with E-state index in [1.54, 1.807) is 0 Å². The number of anilines is 1. The number of benzene rings is 1. The molecule has 1 aliphatic heterocycles. The lowest BCUT2D eigenvalue weighted by molar-refractivity contribution is 0.418. The van der Waals surface area contributed by atoms with Gasteiger partial charge in [-0.05, 0) is 52.9 Å². The Balaban J connectivity index is 1.79. The van der Waals surface area contributed by atoms with Gasteiger partial charge in [0, 0.05) is 34.6 Å². The van der Waals surface area contributed by atoms with Crippen LogP contribution in [0.5, 0.6) is 0 Å². The molecule has 1 aromatic carbocycles. The number of nitrogens with zero attached hydrogens (tertiary/aromatic N) is 1. The van der Waals surface area contributed by atoms with Crippen molar-refractivity contribution >= 4 is 37.5 Å². The Hall–Kier alpha value is -0.0600. The van der Waals surface area contributed by atoms with Gasteiger partial charge in [-0.15, -0.1) is 0 Å². The fourth-order valence-corrected chi connectivity index (χ4v) is 3.39. The third-order valence-electron chi connectivity index (χ3n) is 3.65. The van der Waals surface area contributed by atoms with E-state index in [9.17, 15) is 0 Å². The van der Waals surface area contributed by atoms with Gasteiger partial charge < -0.3 is 10.2 Å². The zero-order valence-corrected chi connectivity index (χ0v) is 12.8. The summed E-state index contributed by atoms with van der Waals surface area (Å²) in [5.74, 6) is 0.920. The van der Waals surface area contributed by atoms with Crippen molar-refractivity contribution in [2.45, 2.75) is 18.9 Å². The van der Waals surface area contributed by atoms with Crippen molar-refractivity contribution in [2.24, 2.45) is 5.92 Å². The van der Waals surface area contributed by atoms with Crippen molar-refractivity contribution in [3.8, 4) is 0 Å². The summed E-state index contributed by atoms with van der Waals surface area (Å²) < 4.78 is 2.34. The van der Waals surface area contributed by atoms with Gasteiger partial charge in [0.15, 0.2) is 0 Å². The minimum absolute atomic E-state index is 0.689. The summed E-state index contributed by atoms with van der Waals surface area (Å²) in [7, 11) is 0. The van der Waals surface area contributed by atoms with Crippen molar-refractivity contribution in [3.05, 3.63) is 27.1 Å². The second kappa shape index (κ2) is 4.90. The van der Waals surface area contributed by atoms with Crippen LogP contribution < -0.4 is 10.2 Å². The van der Waals surface area contributed by atoms with E-state index >= 15 is 0 Å². The Labute approximate surface area is 119 Å². The molecule has 0 aromatic heterocycles. The van der Waals surface area contributed by atoms with Crippen molar-refractivity contribution in [3.63, 3.8) is 0 Å². The van der Waals surface area contributed by atoms with E-state index in [1.165, 1.54) is 23.0 Å². The molecule has 2 fully saturated rings. The van der Waals surface area contributed by atoms with Gasteiger partial charge in [0.05, 0.1) is 5.69 Å². The molecule has 3 rings (SSSR count). The molecule has 1 aromatic rings. The quantitative estimate of drug-likeness (QED) is 0.870. The predicted octanol–water partition coefficient (Wildman–Crippen LogP) is 3.40. The maximum Gasteiger partial charge on any atom is 0.0522 e. The van der Waals surface area contributed by atoms with Crippen molar-refractivity contribution in [1.82, 2.24) is 5.32 Å². The first-order valence-electron chi connectivity index (χ1n) is 6.17. The predicted molar refractivity (Wildman–Crippen MR) is 78.6 cm³/mol. The van der Waals surface area contributed by atoms with Gasteiger partial charge in [-0.2, -0.15) is 0 Å². The van der Waals surface area contributed by atoms with E-state index in [2.05, 4.69) is 60.3 Å². The minimum atomic E-state index is 0.689. The first-order valence-corrected chi connectivity index (χ1v) is 7.76. The zero-order chi connectivity index (χ0) is 11.8. The molecular formula is C13H16Br2N2. The highest BCUT2D eigenvalue weighted by Crippen LogP contribution is 2.36. The molecule has 2 aliphatic rings. The lowest BCUT2D eigenvalue weighted by atomic mass is 10.1. The second-order valence-corrected chi connectivity index (χ2v) is 6.71. The molecule has 1 unspecified atom stereocenters. The van der Waals surface area contributed by atoms with Crippen LogP contribution in [-0.4, -0.2) is 25.7 Å². The van der Waals surface area contributed by atoms with Gasteiger partial charge in [-0.25, -0.2) is 0 Å². The molecular weight excluding hydrogens is 344 g/mol. The summed E-state index contributed by atoms with van der Waals surface area (Å²) in [6.07, 6.45) is 2.82. The minimum Gasteiger partial charge on any atom is -0.368 e. The fourth-order valence-electron chi connectivity index (χ4n) is 2.54. The van der Waals surface area contributed by atoms with Gasteiger partial charge in [-0.1, -0.05) is 15.9 Å². The van der Waals surface area contributed by atoms with Crippen molar-refractivity contribution in [2.75, 3.05) is 24.5 Å². The highest BCUT2D eigenvalue weighted by Gasteiger charge is 2.34. The SMILES string of the molecule is Brc1ccc(Br)c(N2CCNC(C3CC3)C2)c1. The Bertz CT molecular complexity index is 418. The molecule has 1 aliphatic carbocycles. The maximum absolute atomic E-state index is 3.66. The normalized spacial score (nSPS) is 25.1. The van der Waals surface area contributed by atoms with Gasteiger partial charge in [0.25, 0.3) is 0 Å². The lowest BCUT2D eigenvalue weighted by Crippen LogP contribution is -2.51. The lowest BCUT2D eigenvalue weighted by Gasteiger charge is -2.36. The van der Waals surface area contributed by atoms with E-state index < -0.39 is 0 Å². The topological polar surface area (TPSA) is 15.3 Å². The van der Waals surface area contributed by atoms with Gasteiger partial charge >= 0.3 is 0 Å². The highest BCUT2D eigenvalue weighted by molar-refractivity contribution is 9.11. The van der Waals surface area contributed by atoms with Crippen LogP contribution in [0.3, 0.4) is 0 Å². The summed E-state index contributed by atoms with van der Waals surface area (Å²) in [5, 5.41) is 3.65. The Morgan fingerprint density at radius 2 is 2.06 bits per heavy atom. The smallest absolute Gasteiger partial charge is 0.0522 e. The van der Waals surface area contributed by atoms with Crippen LogP contribution in [-0.2, 0) is 0 Å². The third kappa shape index (κ3) is 2.69. The van der Waals surface area contributed by atoms with Crippen LogP contribution in [0.15, 0.2) is 27.1 Å². The standard InChI is InChI=1S/C13H16Br2N2/c14-10-3-4-11(15)13(7-10)17-6-5-16-12(8-17)9-1-2-9/h3-4,7,9,12,16H,1-2,5-6,8H2. The van der Waals surface area contributed by atoms with E-state index in [4.69, 9.17) is 0 Å². The van der Waals surface area contributed by atoms with E-state index in [0.29, 0.717) is 6.04 Å². The van der Waals surface area contributed by atoms with Crippen LogP contribution >= 0.6 is 31.9 Å². The summed E-state index contributed by atoms with van der Waals surface area (Å²) in [6.45, 7) is 3.33. The number of halogens is 2. The number of nitrogens with one attached hydrogen (secondary N) is 1. The molecule has 0 radical (unpaired) electrons. The molecule has 1 saturated heterocycles. The van der Waals surface area contributed by atoms with Crippen LogP contribution in [0.2, 0.25) is 0 Å². The third-order valence-corrected chi connectivity index (χ3v) is 4.81. The van der Waals surface area contributed by atoms with Gasteiger partial charge in [-0.3, -0.25) is 0 Å². The largest absolute Gasteiger partial charge is 0.368 e. The summed E-state index contributed by atoms with van der Waals surface area (Å²) in [5.41, 5.74) is 1.31. The van der Waals surface area contributed by atoms with E-state index in [0.717, 1.165) is 30.0 Å². The number of piperazine rings is 1. The Kier molecular flexibility index (Phi) is 3.46. The summed E-state index contributed by atoms with van der Waals surface area (Å²) in [6, 6.07) is 7.09. The molecule has 0 bridgehead atoms. The van der Waals surface area contributed by atoms with Gasteiger partial charge in [0.2, 0.25) is 0 Å². The molecule has 0 amide bonds. The molecule has 92 valence electrons. The number of hydrogen-bond donors (Lipinski definition) is 1. The molecule has 1 N–H and O–H groups in total. The zero-order valence-electron chi connectivity index (χ0n) is 9.63. The summed E-state index contributed by atoms with van der Waals surface area (Å²) >= 11 is 7.21. The van der Waals surface area contributed by atoms with Crippen LogP contribution in [0.25, 0.3) is 0 Å². The van der Waals surface area contributed by atoms with Crippen molar-refractivity contribution < 1.29 is 0 Å². The molecule has 1 atom stereocenters. The van der Waals surface area contributed by atoms with Crippen LogP contribution in [0.4, 0.5) is 5.69 Å². The molecule has 1 heterocycles. The molecule has 2 nitrogen and oxygen atoms in total. The molecule has 0 spiro atoms. The Morgan fingerprint density at radius 3 is 2.82 bits per heavy atom. The number of hydrogen-bond acceptors (Lipinski definition) is 2. The van der Waals surface area contributed by atoms with Gasteiger partial charge in [0.1, 0.15) is 0 Å². The highest BCUT2D eigenvalue weighted by atomic mass is 79.9. The monoisotopic (exact) mass is 358 g/mol. The maximum atomic E-state index is 3.66. The number of rotatable bonds is 2. The van der Waals surface area contributed by atoms with Crippen LogP contribution in [0, 0.1) is 5.92 Å². The van der Waals surface area contributed by atoms with E-state index in [-0.39, 0.29) is 0 Å². The van der Waals surface area contributed by atoms with E-state index in [1.807, 2.05) is 0 Å². The van der Waals surface area contributed by atoms with Crippen LogP contribution in [0.1, 0.15) is 12.8 Å². The summed E-state index contributed by atoms with van der Waals surface area (Å²) in [4.78, 5) is 2.49. The second-order valence-electron chi connectivity index (χ2n) is 4.94. The van der Waals surface area contributed by atoms with Crippen molar-refractivity contribution in [1.29, 1.82) is 0 Å². The molecule has 4 heteroatoms. The first-order chi connectivity index (χ1) is 8.24. The molecule has 17 heavy (non-hydrogen) atoms. The fraction of sp³-hybridized carbons (Fsp3) is 0.538. The average Bonchev–Trinajstić information content (AvgIpc) is 3.17. The average molecular weight is 360 g/mol. The Morgan fingerprint density at radius 1 is 1.24 bits per heavy atom. The molecule has 1 saturated carbocycles. The first kappa shape index (κ1) is 12.0.